The lowest BCUT2D eigenvalue weighted by atomic mass is 10.0. The maximum Gasteiger partial charge on any atom is 0.122 e. The van der Waals surface area contributed by atoms with E-state index in [9.17, 15) is 0 Å². The zero-order chi connectivity index (χ0) is 14.4. The first-order chi connectivity index (χ1) is 9.70. The third-order valence-corrected chi connectivity index (χ3v) is 3.51. The van der Waals surface area contributed by atoms with Crippen molar-refractivity contribution in [1.82, 2.24) is 5.32 Å². The topological polar surface area (TPSA) is 30.5 Å². The second-order valence-corrected chi connectivity index (χ2v) is 5.39. The molecule has 3 heteroatoms. The summed E-state index contributed by atoms with van der Waals surface area (Å²) in [5.41, 5.74) is 3.74. The molecule has 0 aliphatic carbocycles. The zero-order valence-corrected chi connectivity index (χ0v) is 12.6. The van der Waals surface area contributed by atoms with Crippen LogP contribution in [0.5, 0.6) is 5.75 Å². The van der Waals surface area contributed by atoms with Gasteiger partial charge in [-0.3, -0.25) is 0 Å². The van der Waals surface area contributed by atoms with Gasteiger partial charge in [0, 0.05) is 19.0 Å². The van der Waals surface area contributed by atoms with Crippen LogP contribution in [-0.4, -0.2) is 26.4 Å². The molecule has 0 amide bonds. The van der Waals surface area contributed by atoms with E-state index in [0.717, 1.165) is 43.9 Å². The van der Waals surface area contributed by atoms with Gasteiger partial charge >= 0.3 is 0 Å². The number of nitrogens with one attached hydrogen (secondary N) is 1. The molecule has 1 aliphatic heterocycles. The van der Waals surface area contributed by atoms with Crippen molar-refractivity contribution in [2.24, 2.45) is 0 Å². The van der Waals surface area contributed by atoms with Gasteiger partial charge in [0.25, 0.3) is 0 Å². The van der Waals surface area contributed by atoms with E-state index in [0.29, 0.717) is 12.6 Å². The Kier molecular flexibility index (Phi) is 5.62. The van der Waals surface area contributed by atoms with Crippen LogP contribution in [0, 0.1) is 0 Å². The lowest BCUT2D eigenvalue weighted by Gasteiger charge is -2.18. The molecule has 1 atom stereocenters. The van der Waals surface area contributed by atoms with Crippen molar-refractivity contribution in [3.63, 3.8) is 0 Å². The standard InChI is InChI=1S/C17H25NO2/c1-4-16(18-8-10-19-12-13(2)3)14-5-6-17-15(11-14)7-9-20-17/h5-6,11,16,18H,2,4,7-10,12H2,1,3H3. The Hall–Kier alpha value is -1.32. The third kappa shape index (κ3) is 4.09. The normalized spacial score (nSPS) is 14.7. The minimum Gasteiger partial charge on any atom is -0.493 e. The van der Waals surface area contributed by atoms with E-state index >= 15 is 0 Å². The molecule has 0 aromatic heterocycles. The molecule has 1 aliphatic rings. The van der Waals surface area contributed by atoms with Crippen molar-refractivity contribution < 1.29 is 9.47 Å². The average molecular weight is 275 g/mol. The van der Waals surface area contributed by atoms with Crippen LogP contribution in [-0.2, 0) is 11.2 Å². The molecular weight excluding hydrogens is 250 g/mol. The first kappa shape index (κ1) is 15.1. The smallest absolute Gasteiger partial charge is 0.122 e. The Morgan fingerprint density at radius 1 is 1.50 bits per heavy atom. The lowest BCUT2D eigenvalue weighted by Crippen LogP contribution is -2.25. The van der Waals surface area contributed by atoms with Crippen LogP contribution in [0.2, 0.25) is 0 Å². The van der Waals surface area contributed by atoms with Gasteiger partial charge in [0.1, 0.15) is 5.75 Å². The maximum atomic E-state index is 5.55. The van der Waals surface area contributed by atoms with Gasteiger partial charge in [0.05, 0.1) is 19.8 Å². The van der Waals surface area contributed by atoms with Crippen LogP contribution in [0.15, 0.2) is 30.4 Å². The fourth-order valence-corrected chi connectivity index (χ4v) is 2.47. The molecule has 2 rings (SSSR count). The van der Waals surface area contributed by atoms with Crippen LogP contribution in [0.1, 0.15) is 37.4 Å². The molecule has 0 saturated heterocycles. The number of hydrogen-bond donors (Lipinski definition) is 1. The Morgan fingerprint density at radius 2 is 2.35 bits per heavy atom. The highest BCUT2D eigenvalue weighted by molar-refractivity contribution is 5.40. The van der Waals surface area contributed by atoms with Gasteiger partial charge in [-0.2, -0.15) is 0 Å². The lowest BCUT2D eigenvalue weighted by molar-refractivity contribution is 0.155. The first-order valence-corrected chi connectivity index (χ1v) is 7.42. The van der Waals surface area contributed by atoms with Crippen molar-refractivity contribution in [2.75, 3.05) is 26.4 Å². The zero-order valence-electron chi connectivity index (χ0n) is 12.6. The first-order valence-electron chi connectivity index (χ1n) is 7.42. The molecule has 1 heterocycles. The van der Waals surface area contributed by atoms with E-state index in [2.05, 4.69) is 37.0 Å². The Labute approximate surface area is 122 Å². The van der Waals surface area contributed by atoms with Gasteiger partial charge in [-0.1, -0.05) is 31.2 Å². The highest BCUT2D eigenvalue weighted by atomic mass is 16.5. The minimum absolute atomic E-state index is 0.384. The van der Waals surface area contributed by atoms with Crippen molar-refractivity contribution >= 4 is 0 Å². The predicted octanol–water partition coefficient (Wildman–Crippen LogP) is 3.25. The summed E-state index contributed by atoms with van der Waals surface area (Å²) < 4.78 is 11.1. The second-order valence-electron chi connectivity index (χ2n) is 5.39. The molecule has 0 bridgehead atoms. The summed E-state index contributed by atoms with van der Waals surface area (Å²) >= 11 is 0. The van der Waals surface area contributed by atoms with Gasteiger partial charge in [-0.05, 0) is 30.5 Å². The molecule has 1 N–H and O–H groups in total. The summed E-state index contributed by atoms with van der Waals surface area (Å²) in [6, 6.07) is 6.92. The van der Waals surface area contributed by atoms with Gasteiger partial charge in [-0.25, -0.2) is 0 Å². The maximum absolute atomic E-state index is 5.55. The molecule has 110 valence electrons. The van der Waals surface area contributed by atoms with E-state index in [4.69, 9.17) is 9.47 Å². The van der Waals surface area contributed by atoms with E-state index in [1.54, 1.807) is 0 Å². The number of hydrogen-bond acceptors (Lipinski definition) is 3. The summed E-state index contributed by atoms with van der Waals surface area (Å²) in [5, 5.41) is 3.56. The van der Waals surface area contributed by atoms with Crippen LogP contribution in [0.3, 0.4) is 0 Å². The quantitative estimate of drug-likeness (QED) is 0.583. The molecular formula is C17H25NO2. The molecule has 1 aromatic carbocycles. The van der Waals surface area contributed by atoms with E-state index in [1.807, 2.05) is 6.92 Å². The number of ether oxygens (including phenoxy) is 2. The van der Waals surface area contributed by atoms with Gasteiger partial charge in [0.15, 0.2) is 0 Å². The van der Waals surface area contributed by atoms with Gasteiger partial charge in [0.2, 0.25) is 0 Å². The third-order valence-electron chi connectivity index (χ3n) is 3.51. The highest BCUT2D eigenvalue weighted by Gasteiger charge is 2.15. The van der Waals surface area contributed by atoms with Crippen molar-refractivity contribution in [3.8, 4) is 5.75 Å². The molecule has 1 unspecified atom stereocenters. The van der Waals surface area contributed by atoms with Crippen LogP contribution in [0.25, 0.3) is 0 Å². The molecule has 0 saturated carbocycles. The van der Waals surface area contributed by atoms with Crippen LogP contribution < -0.4 is 10.1 Å². The Bertz CT molecular complexity index is 456. The average Bonchev–Trinajstić information content (AvgIpc) is 2.89. The Balaban J connectivity index is 1.83. The summed E-state index contributed by atoms with van der Waals surface area (Å²) in [6.45, 7) is 11.1. The van der Waals surface area contributed by atoms with Crippen molar-refractivity contribution in [3.05, 3.63) is 41.5 Å². The van der Waals surface area contributed by atoms with Crippen LogP contribution in [0.4, 0.5) is 0 Å². The highest BCUT2D eigenvalue weighted by Crippen LogP contribution is 2.28. The van der Waals surface area contributed by atoms with Crippen molar-refractivity contribution in [1.29, 1.82) is 0 Å². The largest absolute Gasteiger partial charge is 0.493 e. The number of fused-ring (bicyclic) bond motifs is 1. The van der Waals surface area contributed by atoms with Crippen LogP contribution >= 0.6 is 0 Å². The number of benzene rings is 1. The SMILES string of the molecule is C=C(C)COCCNC(CC)c1ccc2c(c1)CCO2. The van der Waals surface area contributed by atoms with E-state index < -0.39 is 0 Å². The summed E-state index contributed by atoms with van der Waals surface area (Å²) in [4.78, 5) is 0. The summed E-state index contributed by atoms with van der Waals surface area (Å²) in [5.74, 6) is 1.05. The van der Waals surface area contributed by atoms with E-state index in [-0.39, 0.29) is 0 Å². The molecule has 1 aromatic rings. The Morgan fingerprint density at radius 3 is 3.10 bits per heavy atom. The fourth-order valence-electron chi connectivity index (χ4n) is 2.47. The molecule has 20 heavy (non-hydrogen) atoms. The minimum atomic E-state index is 0.384. The monoisotopic (exact) mass is 275 g/mol. The van der Waals surface area contributed by atoms with Crippen molar-refractivity contribution in [2.45, 2.75) is 32.7 Å². The fraction of sp³-hybridized carbons (Fsp3) is 0.529. The summed E-state index contributed by atoms with van der Waals surface area (Å²) in [6.07, 6.45) is 2.10. The van der Waals surface area contributed by atoms with Gasteiger partial charge < -0.3 is 14.8 Å². The van der Waals surface area contributed by atoms with Gasteiger partial charge in [-0.15, -0.1) is 0 Å². The molecule has 3 nitrogen and oxygen atoms in total. The predicted molar refractivity (Wildman–Crippen MR) is 82.3 cm³/mol. The second kappa shape index (κ2) is 7.46. The molecule has 0 fully saturated rings. The summed E-state index contributed by atoms with van der Waals surface area (Å²) in [7, 11) is 0. The molecule has 0 spiro atoms. The number of rotatable bonds is 8. The van der Waals surface area contributed by atoms with E-state index in [1.165, 1.54) is 11.1 Å². The molecule has 0 radical (unpaired) electrons.